The molecule has 0 bridgehead atoms. The third-order valence-electron chi connectivity index (χ3n) is 4.94. The van der Waals surface area contributed by atoms with Gasteiger partial charge in [-0.1, -0.05) is 24.3 Å². The van der Waals surface area contributed by atoms with Gasteiger partial charge < -0.3 is 15.1 Å². The van der Waals surface area contributed by atoms with Crippen LogP contribution in [0.15, 0.2) is 24.3 Å². The van der Waals surface area contributed by atoms with E-state index in [0.29, 0.717) is 6.04 Å². The second-order valence-electron chi connectivity index (χ2n) is 6.76. The number of hydrogen-bond acceptors (Lipinski definition) is 2. The maximum atomic E-state index is 12.4. The van der Waals surface area contributed by atoms with Crippen LogP contribution in [0.5, 0.6) is 0 Å². The van der Waals surface area contributed by atoms with Crippen LogP contribution >= 0.6 is 0 Å². The molecule has 1 aromatic carbocycles. The number of amides is 2. The second-order valence-corrected chi connectivity index (χ2v) is 6.76. The van der Waals surface area contributed by atoms with Crippen molar-refractivity contribution < 1.29 is 4.79 Å². The molecule has 1 saturated carbocycles. The van der Waals surface area contributed by atoms with Crippen LogP contribution in [0.1, 0.15) is 30.4 Å². The highest BCUT2D eigenvalue weighted by Gasteiger charge is 2.31. The van der Waals surface area contributed by atoms with Gasteiger partial charge in [-0.25, -0.2) is 4.79 Å². The summed E-state index contributed by atoms with van der Waals surface area (Å²) in [5.74, 6) is 0.938. The number of carbonyl (C=O) groups is 1. The van der Waals surface area contributed by atoms with E-state index >= 15 is 0 Å². The normalized spacial score (nSPS) is 25.1. The van der Waals surface area contributed by atoms with Crippen LogP contribution < -0.4 is 5.32 Å². The lowest BCUT2D eigenvalue weighted by atomic mass is 10.1. The lowest BCUT2D eigenvalue weighted by molar-refractivity contribution is 0.194. The van der Waals surface area contributed by atoms with E-state index in [-0.39, 0.29) is 6.03 Å². The Balaban J connectivity index is 1.29. The van der Waals surface area contributed by atoms with E-state index in [4.69, 9.17) is 0 Å². The van der Waals surface area contributed by atoms with Crippen LogP contribution in [0.2, 0.25) is 0 Å². The number of rotatable bonds is 3. The maximum Gasteiger partial charge on any atom is 0.318 e. The summed E-state index contributed by atoms with van der Waals surface area (Å²) in [7, 11) is 0. The largest absolute Gasteiger partial charge is 0.334 e. The monoisotopic (exact) mass is 285 g/mol. The number of benzene rings is 1. The molecule has 1 aliphatic carbocycles. The molecule has 0 radical (unpaired) electrons. The lowest BCUT2D eigenvalue weighted by Gasteiger charge is -2.21. The van der Waals surface area contributed by atoms with E-state index in [2.05, 4.69) is 22.3 Å². The number of fused-ring (bicyclic) bond motifs is 1. The van der Waals surface area contributed by atoms with Gasteiger partial charge >= 0.3 is 6.03 Å². The minimum absolute atomic E-state index is 0.101. The first-order valence-electron chi connectivity index (χ1n) is 8.12. The van der Waals surface area contributed by atoms with E-state index in [1.165, 1.54) is 30.5 Å². The fourth-order valence-corrected chi connectivity index (χ4v) is 3.52. The molecule has 21 heavy (non-hydrogen) atoms. The quantitative estimate of drug-likeness (QED) is 0.924. The molecule has 1 aromatic rings. The van der Waals surface area contributed by atoms with E-state index in [1.807, 2.05) is 17.0 Å². The minimum Gasteiger partial charge on any atom is -0.334 e. The summed E-state index contributed by atoms with van der Waals surface area (Å²) in [4.78, 5) is 16.8. The zero-order valence-corrected chi connectivity index (χ0v) is 12.4. The average Bonchev–Trinajstić information content (AvgIpc) is 3.01. The van der Waals surface area contributed by atoms with Gasteiger partial charge in [0.2, 0.25) is 0 Å². The number of likely N-dealkylation sites (tertiary alicyclic amines) is 1. The molecule has 2 heterocycles. The second kappa shape index (κ2) is 5.34. The van der Waals surface area contributed by atoms with E-state index in [1.54, 1.807) is 0 Å². The molecule has 0 unspecified atom stereocenters. The van der Waals surface area contributed by atoms with Crippen molar-refractivity contribution in [2.45, 2.75) is 38.4 Å². The van der Waals surface area contributed by atoms with Crippen LogP contribution in [-0.4, -0.2) is 41.5 Å². The van der Waals surface area contributed by atoms with Crippen molar-refractivity contribution in [3.8, 4) is 0 Å². The van der Waals surface area contributed by atoms with Gasteiger partial charge in [-0.3, -0.25) is 0 Å². The van der Waals surface area contributed by atoms with Gasteiger partial charge in [-0.2, -0.15) is 0 Å². The van der Waals surface area contributed by atoms with Crippen LogP contribution in [0.4, 0.5) is 4.79 Å². The summed E-state index contributed by atoms with van der Waals surface area (Å²) in [5, 5.41) is 3.22. The van der Waals surface area contributed by atoms with Gasteiger partial charge in [0.1, 0.15) is 0 Å². The van der Waals surface area contributed by atoms with Gasteiger partial charge in [0.15, 0.2) is 0 Å². The van der Waals surface area contributed by atoms with Crippen molar-refractivity contribution in [2.75, 3.05) is 19.6 Å². The molecule has 2 amide bonds. The molecule has 2 fully saturated rings. The first kappa shape index (κ1) is 13.1. The highest BCUT2D eigenvalue weighted by atomic mass is 16.2. The van der Waals surface area contributed by atoms with E-state index < -0.39 is 0 Å². The topological polar surface area (TPSA) is 35.6 Å². The number of nitrogens with one attached hydrogen (secondary N) is 1. The Morgan fingerprint density at radius 2 is 1.86 bits per heavy atom. The zero-order chi connectivity index (χ0) is 14.2. The summed E-state index contributed by atoms with van der Waals surface area (Å²) in [6.07, 6.45) is 3.90. The first-order valence-corrected chi connectivity index (χ1v) is 8.12. The molecule has 4 nitrogen and oxygen atoms in total. The predicted molar refractivity (Wildman–Crippen MR) is 81.8 cm³/mol. The molecule has 1 saturated heterocycles. The standard InChI is InChI=1S/C17H23N3O/c21-17(20-10-14-3-1-2-4-15(14)11-20)18-16-7-8-19(12-16)9-13-5-6-13/h1-4,13,16H,5-12H2,(H,18,21)/t16-/m0/s1. The minimum atomic E-state index is 0.101. The summed E-state index contributed by atoms with van der Waals surface area (Å²) in [6.45, 7) is 4.91. The molecule has 112 valence electrons. The molecule has 4 heteroatoms. The molecule has 2 aliphatic heterocycles. The predicted octanol–water partition coefficient (Wildman–Crippen LogP) is 2.20. The van der Waals surface area contributed by atoms with Gasteiger partial charge in [-0.15, -0.1) is 0 Å². The van der Waals surface area contributed by atoms with E-state index in [0.717, 1.165) is 38.5 Å². The molecule has 3 aliphatic rings. The maximum absolute atomic E-state index is 12.4. The summed E-state index contributed by atoms with van der Waals surface area (Å²) in [6, 6.07) is 8.77. The molecule has 1 atom stereocenters. The van der Waals surface area contributed by atoms with Crippen molar-refractivity contribution >= 4 is 6.03 Å². The Kier molecular flexibility index (Phi) is 3.34. The van der Waals surface area contributed by atoms with Crippen molar-refractivity contribution in [3.05, 3.63) is 35.4 Å². The summed E-state index contributed by atoms with van der Waals surface area (Å²) < 4.78 is 0. The lowest BCUT2D eigenvalue weighted by Crippen LogP contribution is -2.43. The smallest absolute Gasteiger partial charge is 0.318 e. The Morgan fingerprint density at radius 3 is 2.52 bits per heavy atom. The number of carbonyl (C=O) groups excluding carboxylic acids is 1. The van der Waals surface area contributed by atoms with Crippen molar-refractivity contribution in [1.29, 1.82) is 0 Å². The summed E-state index contributed by atoms with van der Waals surface area (Å²) >= 11 is 0. The fourth-order valence-electron chi connectivity index (χ4n) is 3.52. The van der Waals surface area contributed by atoms with Gasteiger partial charge in [-0.05, 0) is 36.3 Å². The van der Waals surface area contributed by atoms with Crippen molar-refractivity contribution in [2.24, 2.45) is 5.92 Å². The molecule has 0 spiro atoms. The van der Waals surface area contributed by atoms with Crippen LogP contribution in [-0.2, 0) is 13.1 Å². The van der Waals surface area contributed by atoms with Gasteiger partial charge in [0.05, 0.1) is 0 Å². The first-order chi connectivity index (χ1) is 10.3. The number of hydrogen-bond donors (Lipinski definition) is 1. The van der Waals surface area contributed by atoms with E-state index in [9.17, 15) is 4.79 Å². The summed E-state index contributed by atoms with van der Waals surface area (Å²) in [5.41, 5.74) is 2.57. The molecule has 0 aromatic heterocycles. The Morgan fingerprint density at radius 1 is 1.14 bits per heavy atom. The third-order valence-corrected chi connectivity index (χ3v) is 4.94. The average molecular weight is 285 g/mol. The van der Waals surface area contributed by atoms with Crippen molar-refractivity contribution in [1.82, 2.24) is 15.1 Å². The molecule has 4 rings (SSSR count). The number of nitrogens with zero attached hydrogens (tertiary/aromatic N) is 2. The van der Waals surface area contributed by atoms with Crippen LogP contribution in [0, 0.1) is 5.92 Å². The zero-order valence-electron chi connectivity index (χ0n) is 12.4. The SMILES string of the molecule is O=C(N[C@H]1CCN(CC2CC2)C1)N1Cc2ccccc2C1. The highest BCUT2D eigenvalue weighted by molar-refractivity contribution is 5.75. The molecular formula is C17H23N3O. The van der Waals surface area contributed by atoms with Gasteiger partial charge in [0.25, 0.3) is 0 Å². The van der Waals surface area contributed by atoms with Crippen LogP contribution in [0.3, 0.4) is 0 Å². The fraction of sp³-hybridized carbons (Fsp3) is 0.588. The number of urea groups is 1. The Labute approximate surface area is 126 Å². The molecule has 1 N–H and O–H groups in total. The van der Waals surface area contributed by atoms with Crippen LogP contribution in [0.25, 0.3) is 0 Å². The van der Waals surface area contributed by atoms with Crippen molar-refractivity contribution in [3.63, 3.8) is 0 Å². The van der Waals surface area contributed by atoms with Gasteiger partial charge in [0, 0.05) is 38.8 Å². The third kappa shape index (κ3) is 2.91. The Hall–Kier alpha value is -1.55. The Bertz CT molecular complexity index is 516. The highest BCUT2D eigenvalue weighted by Crippen LogP contribution is 2.30. The molecular weight excluding hydrogens is 262 g/mol.